The zero-order valence-corrected chi connectivity index (χ0v) is 13.6. The topological polar surface area (TPSA) is 101 Å². The molecule has 0 spiro atoms. The first-order chi connectivity index (χ1) is 10.5. The van der Waals surface area contributed by atoms with Crippen LogP contribution >= 0.6 is 23.2 Å². The van der Waals surface area contributed by atoms with Crippen molar-refractivity contribution in [2.45, 2.75) is 0 Å². The Morgan fingerprint density at radius 1 is 1.18 bits per heavy atom. The van der Waals surface area contributed by atoms with Crippen molar-refractivity contribution in [2.75, 3.05) is 24.8 Å². The molecule has 2 heterocycles. The zero-order valence-electron chi connectivity index (χ0n) is 12.1. The van der Waals surface area contributed by atoms with E-state index in [4.69, 9.17) is 23.2 Å². The lowest BCUT2D eigenvalue weighted by Crippen LogP contribution is -2.36. The summed E-state index contributed by atoms with van der Waals surface area (Å²) in [5, 5.41) is 9.49. The SMILES string of the molecule is Cn1c(=O)c2[nH]c(N=NN(CCCl)CCCl)nc2n(C)c1=O. The summed E-state index contributed by atoms with van der Waals surface area (Å²) in [4.78, 5) is 30.7. The maximum atomic E-state index is 12.0. The van der Waals surface area contributed by atoms with Crippen LogP contribution in [0.25, 0.3) is 11.2 Å². The van der Waals surface area contributed by atoms with Crippen LogP contribution in [-0.4, -0.2) is 49.0 Å². The second-order valence-corrected chi connectivity index (χ2v) is 5.24. The molecule has 11 heteroatoms. The van der Waals surface area contributed by atoms with Gasteiger partial charge in [-0.1, -0.05) is 10.3 Å². The molecule has 0 amide bonds. The summed E-state index contributed by atoms with van der Waals surface area (Å²) >= 11 is 11.3. The molecule has 2 rings (SSSR count). The highest BCUT2D eigenvalue weighted by Crippen LogP contribution is 2.12. The quantitative estimate of drug-likeness (QED) is 0.473. The van der Waals surface area contributed by atoms with E-state index in [1.54, 1.807) is 5.01 Å². The average Bonchev–Trinajstić information content (AvgIpc) is 2.93. The van der Waals surface area contributed by atoms with Crippen LogP contribution in [0.3, 0.4) is 0 Å². The Kier molecular flexibility index (Phi) is 5.19. The van der Waals surface area contributed by atoms with Gasteiger partial charge in [-0.3, -0.25) is 18.9 Å². The molecule has 0 aliphatic carbocycles. The van der Waals surface area contributed by atoms with Gasteiger partial charge in [-0.25, -0.2) is 4.79 Å². The van der Waals surface area contributed by atoms with E-state index in [1.165, 1.54) is 18.7 Å². The fourth-order valence-electron chi connectivity index (χ4n) is 1.86. The molecule has 0 aromatic carbocycles. The summed E-state index contributed by atoms with van der Waals surface area (Å²) in [6.07, 6.45) is 0. The van der Waals surface area contributed by atoms with Gasteiger partial charge in [-0.05, 0) is 0 Å². The average molecular weight is 348 g/mol. The lowest BCUT2D eigenvalue weighted by molar-refractivity contribution is 0.303. The number of fused-ring (bicyclic) bond motifs is 1. The Balaban J connectivity index is 2.42. The molecule has 9 nitrogen and oxygen atoms in total. The van der Waals surface area contributed by atoms with Gasteiger partial charge in [0, 0.05) is 25.9 Å². The van der Waals surface area contributed by atoms with Gasteiger partial charge in [-0.2, -0.15) is 4.98 Å². The van der Waals surface area contributed by atoms with E-state index in [0.29, 0.717) is 24.8 Å². The molecule has 22 heavy (non-hydrogen) atoms. The number of aryl methyl sites for hydroxylation is 1. The first-order valence-corrected chi connectivity index (χ1v) is 7.50. The Labute approximate surface area is 135 Å². The van der Waals surface area contributed by atoms with E-state index in [-0.39, 0.29) is 17.1 Å². The number of rotatable bonds is 6. The van der Waals surface area contributed by atoms with E-state index in [2.05, 4.69) is 20.3 Å². The standard InChI is InChI=1S/C11H15Cl2N7O2/c1-18-8-7(9(21)19(2)11(18)22)14-10(15-8)16-17-20(5-3-12)6-4-13/h3-6H2,1-2H3,(H,14,15). The molecule has 0 unspecified atom stereocenters. The molecule has 0 aliphatic rings. The summed E-state index contributed by atoms with van der Waals surface area (Å²) < 4.78 is 2.26. The third-order valence-corrected chi connectivity index (χ3v) is 3.37. The number of hydrogen-bond acceptors (Lipinski definition) is 5. The van der Waals surface area contributed by atoms with Crippen LogP contribution in [0.4, 0.5) is 5.95 Å². The fraction of sp³-hybridized carbons (Fsp3) is 0.545. The van der Waals surface area contributed by atoms with Gasteiger partial charge in [0.1, 0.15) is 0 Å². The monoisotopic (exact) mass is 347 g/mol. The number of halogens is 2. The van der Waals surface area contributed by atoms with Gasteiger partial charge < -0.3 is 4.98 Å². The van der Waals surface area contributed by atoms with Crippen molar-refractivity contribution in [2.24, 2.45) is 24.4 Å². The minimum atomic E-state index is -0.467. The second kappa shape index (κ2) is 6.93. The van der Waals surface area contributed by atoms with E-state index in [0.717, 1.165) is 4.57 Å². The number of H-pyrrole nitrogens is 1. The first kappa shape index (κ1) is 16.5. The number of imidazole rings is 1. The zero-order chi connectivity index (χ0) is 16.3. The van der Waals surface area contributed by atoms with Crippen LogP contribution in [0.5, 0.6) is 0 Å². The first-order valence-electron chi connectivity index (χ1n) is 6.43. The van der Waals surface area contributed by atoms with E-state index >= 15 is 0 Å². The predicted octanol–water partition coefficient (Wildman–Crippen LogP) is 0.739. The molecule has 0 aliphatic heterocycles. The van der Waals surface area contributed by atoms with Crippen LogP contribution in [0.15, 0.2) is 19.9 Å². The van der Waals surface area contributed by atoms with Gasteiger partial charge in [-0.15, -0.1) is 23.2 Å². The van der Waals surface area contributed by atoms with Crippen LogP contribution in [0.1, 0.15) is 0 Å². The van der Waals surface area contributed by atoms with Gasteiger partial charge >= 0.3 is 5.69 Å². The molecule has 2 aromatic rings. The third-order valence-electron chi connectivity index (χ3n) is 3.03. The normalized spacial score (nSPS) is 11.6. The largest absolute Gasteiger partial charge is 0.332 e. The predicted molar refractivity (Wildman–Crippen MR) is 84.1 cm³/mol. The Hall–Kier alpha value is -1.87. The Morgan fingerprint density at radius 2 is 1.82 bits per heavy atom. The highest BCUT2D eigenvalue weighted by Gasteiger charge is 2.13. The van der Waals surface area contributed by atoms with Crippen molar-refractivity contribution in [3.8, 4) is 0 Å². The van der Waals surface area contributed by atoms with Crippen LogP contribution < -0.4 is 11.2 Å². The maximum absolute atomic E-state index is 12.0. The smallest absolute Gasteiger partial charge is 0.315 e. The number of aromatic nitrogens is 4. The van der Waals surface area contributed by atoms with Crippen molar-refractivity contribution in [1.29, 1.82) is 0 Å². The molecule has 0 radical (unpaired) electrons. The molecular weight excluding hydrogens is 333 g/mol. The van der Waals surface area contributed by atoms with E-state index < -0.39 is 11.2 Å². The fourth-order valence-corrected chi connectivity index (χ4v) is 2.25. The molecule has 0 saturated carbocycles. The lowest BCUT2D eigenvalue weighted by atomic mass is 10.5. The van der Waals surface area contributed by atoms with Gasteiger partial charge in [0.15, 0.2) is 11.2 Å². The van der Waals surface area contributed by atoms with Gasteiger partial charge in [0.2, 0.25) is 0 Å². The molecule has 1 N–H and O–H groups in total. The molecule has 0 bridgehead atoms. The van der Waals surface area contributed by atoms with E-state index in [9.17, 15) is 9.59 Å². The summed E-state index contributed by atoms with van der Waals surface area (Å²) in [5.41, 5.74) is -0.508. The molecule has 0 fully saturated rings. The number of alkyl halides is 2. The maximum Gasteiger partial charge on any atom is 0.332 e. The number of nitrogens with one attached hydrogen (secondary N) is 1. The minimum Gasteiger partial charge on any atom is -0.315 e. The molecule has 2 aromatic heterocycles. The van der Waals surface area contributed by atoms with Crippen LogP contribution in [0.2, 0.25) is 0 Å². The van der Waals surface area contributed by atoms with Crippen molar-refractivity contribution < 1.29 is 0 Å². The highest BCUT2D eigenvalue weighted by atomic mass is 35.5. The minimum absolute atomic E-state index is 0.127. The highest BCUT2D eigenvalue weighted by molar-refractivity contribution is 6.18. The Morgan fingerprint density at radius 3 is 2.41 bits per heavy atom. The second-order valence-electron chi connectivity index (χ2n) is 4.49. The van der Waals surface area contributed by atoms with Gasteiger partial charge in [0.05, 0.1) is 13.1 Å². The summed E-state index contributed by atoms with van der Waals surface area (Å²) in [6.45, 7) is 0.969. The molecule has 120 valence electrons. The number of aromatic amines is 1. The summed E-state index contributed by atoms with van der Waals surface area (Å²) in [6, 6.07) is 0. The van der Waals surface area contributed by atoms with Crippen molar-refractivity contribution in [3.05, 3.63) is 20.8 Å². The number of hydrogen-bond donors (Lipinski definition) is 1. The lowest BCUT2D eigenvalue weighted by Gasteiger charge is -2.13. The number of nitrogens with zero attached hydrogens (tertiary/aromatic N) is 6. The van der Waals surface area contributed by atoms with Crippen molar-refractivity contribution in [3.63, 3.8) is 0 Å². The third kappa shape index (κ3) is 3.14. The van der Waals surface area contributed by atoms with Crippen LogP contribution in [-0.2, 0) is 14.1 Å². The molecular formula is C11H15Cl2N7O2. The summed E-state index contributed by atoms with van der Waals surface area (Å²) in [7, 11) is 2.92. The molecule has 0 saturated heterocycles. The van der Waals surface area contributed by atoms with Gasteiger partial charge in [0.25, 0.3) is 11.5 Å². The van der Waals surface area contributed by atoms with E-state index in [1.807, 2.05) is 0 Å². The van der Waals surface area contributed by atoms with Crippen LogP contribution in [0, 0.1) is 0 Å². The van der Waals surface area contributed by atoms with Crippen molar-refractivity contribution >= 4 is 40.3 Å². The molecule has 0 atom stereocenters. The van der Waals surface area contributed by atoms with Crippen molar-refractivity contribution in [1.82, 2.24) is 24.1 Å². The Bertz CT molecular complexity index is 801. The summed E-state index contributed by atoms with van der Waals surface area (Å²) in [5.74, 6) is 0.887.